The molecule has 178 valence electrons. The summed E-state index contributed by atoms with van der Waals surface area (Å²) in [6, 6.07) is 20.7. The Hall–Kier alpha value is -4.11. The molecule has 0 unspecified atom stereocenters. The number of nitrogens with zero attached hydrogens (tertiary/aromatic N) is 2. The summed E-state index contributed by atoms with van der Waals surface area (Å²) in [4.78, 5) is 42.2. The number of carbonyl (C=O) groups excluding carboxylic acids is 2. The Labute approximate surface area is 205 Å². The molecular formula is C26H23N3O5S. The standard InChI is InChI=1S/C26H23N3O5S/c1-3-34-20-14-12-19(13-15-20)29-24(31)21-6-4-5-7-22(21)28-26(29)35-16-23(30)27-18-10-8-17(9-11-18)25(32)33-2/h4-15H,3,16H2,1-2H3,(H,27,30). The normalized spacial score (nSPS) is 10.7. The van der Waals surface area contributed by atoms with E-state index in [0.717, 1.165) is 11.8 Å². The molecule has 0 aliphatic carbocycles. The van der Waals surface area contributed by atoms with E-state index in [-0.39, 0.29) is 17.2 Å². The summed E-state index contributed by atoms with van der Waals surface area (Å²) in [5.41, 5.74) is 1.89. The van der Waals surface area contributed by atoms with E-state index in [1.165, 1.54) is 11.7 Å². The maximum absolute atomic E-state index is 13.3. The van der Waals surface area contributed by atoms with Crippen molar-refractivity contribution in [1.82, 2.24) is 9.55 Å². The zero-order chi connectivity index (χ0) is 24.8. The molecule has 9 heteroatoms. The molecule has 1 heterocycles. The van der Waals surface area contributed by atoms with Gasteiger partial charge in [-0.25, -0.2) is 9.78 Å². The lowest BCUT2D eigenvalue weighted by Crippen LogP contribution is -2.23. The molecule has 1 amide bonds. The van der Waals surface area contributed by atoms with Crippen LogP contribution < -0.4 is 15.6 Å². The number of anilines is 1. The number of carbonyl (C=O) groups is 2. The van der Waals surface area contributed by atoms with Crippen LogP contribution in [0, 0.1) is 0 Å². The zero-order valence-corrected chi connectivity index (χ0v) is 20.0. The summed E-state index contributed by atoms with van der Waals surface area (Å²) in [5, 5.41) is 3.67. The van der Waals surface area contributed by atoms with Gasteiger partial charge in [-0.05, 0) is 67.6 Å². The van der Waals surface area contributed by atoms with Crippen molar-refractivity contribution in [3.63, 3.8) is 0 Å². The summed E-state index contributed by atoms with van der Waals surface area (Å²) in [6.07, 6.45) is 0. The monoisotopic (exact) mass is 489 g/mol. The van der Waals surface area contributed by atoms with E-state index < -0.39 is 5.97 Å². The molecule has 4 rings (SSSR count). The van der Waals surface area contributed by atoms with Gasteiger partial charge in [-0.3, -0.25) is 14.2 Å². The lowest BCUT2D eigenvalue weighted by Gasteiger charge is -2.14. The number of methoxy groups -OCH3 is 1. The highest BCUT2D eigenvalue weighted by atomic mass is 32.2. The minimum absolute atomic E-state index is 0.0283. The fraction of sp³-hybridized carbons (Fsp3) is 0.154. The molecule has 1 aromatic heterocycles. The molecule has 0 spiro atoms. The second-order valence-electron chi connectivity index (χ2n) is 7.38. The van der Waals surface area contributed by atoms with Gasteiger partial charge in [-0.15, -0.1) is 0 Å². The topological polar surface area (TPSA) is 99.5 Å². The summed E-state index contributed by atoms with van der Waals surface area (Å²) >= 11 is 1.16. The van der Waals surface area contributed by atoms with Crippen LogP contribution in [0.3, 0.4) is 0 Å². The molecule has 0 atom stereocenters. The Bertz CT molecular complexity index is 1420. The summed E-state index contributed by atoms with van der Waals surface area (Å²) < 4.78 is 11.7. The van der Waals surface area contributed by atoms with Crippen molar-refractivity contribution in [3.05, 3.63) is 88.7 Å². The first-order valence-corrected chi connectivity index (χ1v) is 11.8. The quantitative estimate of drug-likeness (QED) is 0.224. The van der Waals surface area contributed by atoms with Gasteiger partial charge in [-0.1, -0.05) is 23.9 Å². The summed E-state index contributed by atoms with van der Waals surface area (Å²) in [7, 11) is 1.31. The molecule has 0 radical (unpaired) electrons. The van der Waals surface area contributed by atoms with Crippen molar-refractivity contribution in [3.8, 4) is 11.4 Å². The van der Waals surface area contributed by atoms with E-state index >= 15 is 0 Å². The fourth-order valence-electron chi connectivity index (χ4n) is 3.43. The Kier molecular flexibility index (Phi) is 7.47. The Morgan fingerprint density at radius 2 is 1.71 bits per heavy atom. The highest BCUT2D eigenvalue weighted by Gasteiger charge is 2.15. The van der Waals surface area contributed by atoms with Crippen LogP contribution in [-0.4, -0.2) is 40.9 Å². The predicted octanol–water partition coefficient (Wildman–Crippen LogP) is 4.30. The van der Waals surface area contributed by atoms with Crippen molar-refractivity contribution in [1.29, 1.82) is 0 Å². The smallest absolute Gasteiger partial charge is 0.337 e. The maximum atomic E-state index is 13.3. The second kappa shape index (κ2) is 10.9. The van der Waals surface area contributed by atoms with Crippen LogP contribution in [0.25, 0.3) is 16.6 Å². The van der Waals surface area contributed by atoms with E-state index in [4.69, 9.17) is 4.74 Å². The van der Waals surface area contributed by atoms with Gasteiger partial charge < -0.3 is 14.8 Å². The van der Waals surface area contributed by atoms with Crippen molar-refractivity contribution in [2.45, 2.75) is 12.1 Å². The first-order chi connectivity index (χ1) is 17.0. The maximum Gasteiger partial charge on any atom is 0.337 e. The molecule has 35 heavy (non-hydrogen) atoms. The molecule has 0 saturated heterocycles. The molecule has 8 nitrogen and oxygen atoms in total. The van der Waals surface area contributed by atoms with Crippen LogP contribution >= 0.6 is 11.8 Å². The van der Waals surface area contributed by atoms with Crippen molar-refractivity contribution >= 4 is 40.2 Å². The fourth-order valence-corrected chi connectivity index (χ4v) is 4.24. The molecule has 3 aromatic carbocycles. The first-order valence-electron chi connectivity index (χ1n) is 10.9. The minimum Gasteiger partial charge on any atom is -0.494 e. The number of esters is 1. The number of amides is 1. The van der Waals surface area contributed by atoms with E-state index in [1.807, 2.05) is 13.0 Å². The lowest BCUT2D eigenvalue weighted by atomic mass is 10.2. The van der Waals surface area contributed by atoms with Gasteiger partial charge >= 0.3 is 5.97 Å². The number of para-hydroxylation sites is 1. The first kappa shape index (κ1) is 24.0. The van der Waals surface area contributed by atoms with Gasteiger partial charge in [0, 0.05) is 5.69 Å². The van der Waals surface area contributed by atoms with E-state index in [0.29, 0.717) is 45.4 Å². The predicted molar refractivity (Wildman–Crippen MR) is 136 cm³/mol. The molecule has 0 fully saturated rings. The molecule has 0 saturated carbocycles. The third-order valence-corrected chi connectivity index (χ3v) is 6.01. The highest BCUT2D eigenvalue weighted by molar-refractivity contribution is 7.99. The summed E-state index contributed by atoms with van der Waals surface area (Å²) in [5.74, 6) is -0.00000968. The number of fused-ring (bicyclic) bond motifs is 1. The SMILES string of the molecule is CCOc1ccc(-n2c(SCC(=O)Nc3ccc(C(=O)OC)cc3)nc3ccccc3c2=O)cc1. The molecular weight excluding hydrogens is 466 g/mol. The number of hydrogen-bond acceptors (Lipinski definition) is 7. The Morgan fingerprint density at radius 3 is 2.40 bits per heavy atom. The molecule has 1 N–H and O–H groups in total. The number of hydrogen-bond donors (Lipinski definition) is 1. The van der Waals surface area contributed by atoms with Crippen molar-refractivity contribution in [2.75, 3.05) is 24.8 Å². The third-order valence-electron chi connectivity index (χ3n) is 5.07. The molecule has 0 aliphatic heterocycles. The van der Waals surface area contributed by atoms with Crippen LogP contribution in [0.5, 0.6) is 5.75 Å². The van der Waals surface area contributed by atoms with E-state index in [2.05, 4.69) is 15.0 Å². The van der Waals surface area contributed by atoms with Gasteiger partial charge in [-0.2, -0.15) is 0 Å². The highest BCUT2D eigenvalue weighted by Crippen LogP contribution is 2.23. The average Bonchev–Trinajstić information content (AvgIpc) is 2.88. The molecule has 0 bridgehead atoms. The van der Waals surface area contributed by atoms with Crippen LogP contribution in [0.15, 0.2) is 82.7 Å². The third kappa shape index (κ3) is 5.52. The van der Waals surface area contributed by atoms with Crippen molar-refractivity contribution < 1.29 is 19.1 Å². The number of benzene rings is 3. The lowest BCUT2D eigenvalue weighted by molar-refractivity contribution is -0.113. The van der Waals surface area contributed by atoms with Gasteiger partial charge in [0.15, 0.2) is 5.16 Å². The van der Waals surface area contributed by atoms with E-state index in [1.54, 1.807) is 66.7 Å². The van der Waals surface area contributed by atoms with Crippen LogP contribution in [0.2, 0.25) is 0 Å². The van der Waals surface area contributed by atoms with Gasteiger partial charge in [0.2, 0.25) is 5.91 Å². The second-order valence-corrected chi connectivity index (χ2v) is 8.33. The molecule has 0 aliphatic rings. The van der Waals surface area contributed by atoms with Gasteiger partial charge in [0.05, 0.1) is 41.6 Å². The molecule has 4 aromatic rings. The van der Waals surface area contributed by atoms with Gasteiger partial charge in [0.1, 0.15) is 5.75 Å². The Balaban J connectivity index is 1.58. The largest absolute Gasteiger partial charge is 0.494 e. The number of aromatic nitrogens is 2. The van der Waals surface area contributed by atoms with Gasteiger partial charge in [0.25, 0.3) is 5.56 Å². The number of rotatable bonds is 8. The number of nitrogens with one attached hydrogen (secondary N) is 1. The number of thioether (sulfide) groups is 1. The zero-order valence-electron chi connectivity index (χ0n) is 19.2. The van der Waals surface area contributed by atoms with Crippen LogP contribution in [0.4, 0.5) is 5.69 Å². The minimum atomic E-state index is -0.451. The van der Waals surface area contributed by atoms with Crippen LogP contribution in [-0.2, 0) is 9.53 Å². The summed E-state index contributed by atoms with van der Waals surface area (Å²) in [6.45, 7) is 2.44. The number of ether oxygens (including phenoxy) is 2. The Morgan fingerprint density at radius 1 is 1.00 bits per heavy atom. The van der Waals surface area contributed by atoms with Crippen LogP contribution in [0.1, 0.15) is 17.3 Å². The van der Waals surface area contributed by atoms with E-state index in [9.17, 15) is 14.4 Å². The van der Waals surface area contributed by atoms with Crippen molar-refractivity contribution in [2.24, 2.45) is 0 Å². The average molecular weight is 490 g/mol.